The van der Waals surface area contributed by atoms with Crippen molar-refractivity contribution in [2.24, 2.45) is 17.8 Å². The lowest BCUT2D eigenvalue weighted by Crippen LogP contribution is -2.15. The molecule has 0 heterocycles. The maximum atomic E-state index is 2.44. The number of rotatable bonds is 15. The second-order valence-electron chi connectivity index (χ2n) is 14.1. The fourth-order valence-corrected chi connectivity index (χ4v) is 6.78. The van der Waals surface area contributed by atoms with E-state index in [1.165, 1.54) is 115 Å². The Bertz CT molecular complexity index is 1400. The van der Waals surface area contributed by atoms with Gasteiger partial charge in [0.2, 0.25) is 0 Å². The molecule has 2 aliphatic carbocycles. The SMILES string of the molecule is CCC(C)CCc1ccc(C(c2ccc(CCC3CC3)cc2)C(c2ccc(C)cc2)c2ccc(CCC3CC3)cc2)cc1. The van der Waals surface area contributed by atoms with E-state index in [1.807, 2.05) is 0 Å². The largest absolute Gasteiger partial charge is 0.0651 e. The summed E-state index contributed by atoms with van der Waals surface area (Å²) in [7, 11) is 0. The predicted molar refractivity (Wildman–Crippen MR) is 184 cm³/mol. The van der Waals surface area contributed by atoms with E-state index in [0.717, 1.165) is 17.8 Å². The Kier molecular flexibility index (Phi) is 9.82. The molecule has 0 aliphatic heterocycles. The van der Waals surface area contributed by atoms with Gasteiger partial charge in [0.05, 0.1) is 0 Å². The Morgan fingerprint density at radius 2 is 0.860 bits per heavy atom. The van der Waals surface area contributed by atoms with Crippen molar-refractivity contribution in [3.63, 3.8) is 0 Å². The van der Waals surface area contributed by atoms with Crippen LogP contribution >= 0.6 is 0 Å². The highest BCUT2D eigenvalue weighted by Gasteiger charge is 2.29. The van der Waals surface area contributed by atoms with Crippen molar-refractivity contribution in [3.05, 3.63) is 142 Å². The Morgan fingerprint density at radius 1 is 0.512 bits per heavy atom. The molecule has 3 unspecified atom stereocenters. The molecule has 43 heavy (non-hydrogen) atoms. The number of aryl methyl sites for hydroxylation is 4. The highest BCUT2D eigenvalue weighted by atomic mass is 14.3. The maximum absolute atomic E-state index is 2.44. The van der Waals surface area contributed by atoms with Gasteiger partial charge in [-0.2, -0.15) is 0 Å². The van der Waals surface area contributed by atoms with Crippen LogP contribution in [0.15, 0.2) is 97.1 Å². The smallest absolute Gasteiger partial charge is 0.0199 e. The lowest BCUT2D eigenvalue weighted by molar-refractivity contribution is 0.516. The first kappa shape index (κ1) is 29.9. The third-order valence-corrected chi connectivity index (χ3v) is 10.5. The molecule has 0 bridgehead atoms. The number of hydrogen-bond donors (Lipinski definition) is 0. The molecule has 0 nitrogen and oxygen atoms in total. The van der Waals surface area contributed by atoms with Crippen molar-refractivity contribution in [3.8, 4) is 0 Å². The number of hydrogen-bond acceptors (Lipinski definition) is 0. The van der Waals surface area contributed by atoms with E-state index in [-0.39, 0.29) is 11.8 Å². The third-order valence-electron chi connectivity index (χ3n) is 10.5. The average molecular weight is 569 g/mol. The Balaban J connectivity index is 1.35. The fraction of sp³-hybridized carbons (Fsp3) is 0.442. The van der Waals surface area contributed by atoms with Crippen molar-refractivity contribution in [1.82, 2.24) is 0 Å². The minimum absolute atomic E-state index is 0.251. The molecule has 4 aromatic carbocycles. The minimum atomic E-state index is 0.251. The van der Waals surface area contributed by atoms with Gasteiger partial charge < -0.3 is 0 Å². The van der Waals surface area contributed by atoms with Gasteiger partial charge in [-0.05, 0) is 102 Å². The molecule has 2 fully saturated rings. The summed E-state index contributed by atoms with van der Waals surface area (Å²) in [5.41, 5.74) is 11.4. The van der Waals surface area contributed by atoms with Crippen LogP contribution in [0.1, 0.15) is 122 Å². The van der Waals surface area contributed by atoms with E-state index >= 15 is 0 Å². The van der Waals surface area contributed by atoms with Gasteiger partial charge >= 0.3 is 0 Å². The summed E-state index contributed by atoms with van der Waals surface area (Å²) in [4.78, 5) is 0. The lowest BCUT2D eigenvalue weighted by atomic mass is 9.73. The second kappa shape index (κ2) is 14.1. The predicted octanol–water partition coefficient (Wildman–Crippen LogP) is 11.6. The molecule has 4 aromatic rings. The van der Waals surface area contributed by atoms with Crippen molar-refractivity contribution in [2.45, 2.75) is 103 Å². The van der Waals surface area contributed by atoms with E-state index in [9.17, 15) is 0 Å². The van der Waals surface area contributed by atoms with Crippen LogP contribution in [-0.2, 0) is 19.3 Å². The van der Waals surface area contributed by atoms with E-state index in [2.05, 4.69) is 118 Å². The highest BCUT2D eigenvalue weighted by Crippen LogP contribution is 2.44. The van der Waals surface area contributed by atoms with Gasteiger partial charge in [-0.25, -0.2) is 0 Å². The van der Waals surface area contributed by atoms with Gasteiger partial charge in [-0.15, -0.1) is 0 Å². The molecule has 6 rings (SSSR count). The molecular weight excluding hydrogens is 516 g/mol. The standard InChI is InChI=1S/C43H52/c1-4-31(2)5-8-33-17-25-40(26-18-33)43(41-29-21-37(22-30-41)16-14-35-11-12-35)42(38-23-6-32(3)7-24-38)39-27-19-36(20-28-39)15-13-34-9-10-34/h6-7,17-31,34-35,42-43H,4-5,8-16H2,1-3H3. The van der Waals surface area contributed by atoms with Crippen LogP contribution in [0.5, 0.6) is 0 Å². The average Bonchev–Trinajstić information content (AvgIpc) is 3.98. The first-order valence-corrected chi connectivity index (χ1v) is 17.4. The van der Waals surface area contributed by atoms with Gasteiger partial charge in [0.25, 0.3) is 0 Å². The van der Waals surface area contributed by atoms with E-state index in [1.54, 1.807) is 0 Å². The van der Waals surface area contributed by atoms with Gasteiger partial charge in [0.15, 0.2) is 0 Å². The van der Waals surface area contributed by atoms with Crippen molar-refractivity contribution >= 4 is 0 Å². The Labute approximate surface area is 262 Å². The molecule has 0 saturated heterocycles. The van der Waals surface area contributed by atoms with Gasteiger partial charge in [0, 0.05) is 11.8 Å². The van der Waals surface area contributed by atoms with Crippen LogP contribution < -0.4 is 0 Å². The molecule has 0 N–H and O–H groups in total. The molecule has 2 aliphatic rings. The summed E-state index contributed by atoms with van der Waals surface area (Å²) in [5, 5.41) is 0. The zero-order valence-electron chi connectivity index (χ0n) is 26.9. The maximum Gasteiger partial charge on any atom is 0.0199 e. The zero-order valence-corrected chi connectivity index (χ0v) is 26.9. The van der Waals surface area contributed by atoms with Crippen LogP contribution in [-0.4, -0.2) is 0 Å². The molecule has 224 valence electrons. The molecule has 0 radical (unpaired) electrons. The normalized spacial score (nSPS) is 17.0. The zero-order chi connectivity index (χ0) is 29.6. The van der Waals surface area contributed by atoms with E-state index < -0.39 is 0 Å². The summed E-state index contributed by atoms with van der Waals surface area (Å²) in [5.74, 6) is 3.24. The summed E-state index contributed by atoms with van der Waals surface area (Å²) in [6.45, 7) is 6.88. The first-order valence-electron chi connectivity index (χ1n) is 17.4. The van der Waals surface area contributed by atoms with Gasteiger partial charge in [-0.1, -0.05) is 149 Å². The van der Waals surface area contributed by atoms with Crippen molar-refractivity contribution in [1.29, 1.82) is 0 Å². The second-order valence-corrected chi connectivity index (χ2v) is 14.1. The van der Waals surface area contributed by atoms with Crippen LogP contribution in [0.25, 0.3) is 0 Å². The van der Waals surface area contributed by atoms with E-state index in [4.69, 9.17) is 0 Å². The van der Waals surface area contributed by atoms with Crippen molar-refractivity contribution in [2.75, 3.05) is 0 Å². The van der Waals surface area contributed by atoms with E-state index in [0.29, 0.717) is 0 Å². The lowest BCUT2D eigenvalue weighted by Gasteiger charge is -2.30. The number of benzene rings is 4. The molecule has 0 aromatic heterocycles. The van der Waals surface area contributed by atoms with Crippen LogP contribution in [0.2, 0.25) is 0 Å². The van der Waals surface area contributed by atoms with Crippen LogP contribution in [0, 0.1) is 24.7 Å². The molecule has 0 heteroatoms. The summed E-state index contributed by atoms with van der Waals surface area (Å²) in [6.07, 6.45) is 14.6. The molecular formula is C43H52. The fourth-order valence-electron chi connectivity index (χ4n) is 6.78. The van der Waals surface area contributed by atoms with Crippen molar-refractivity contribution < 1.29 is 0 Å². The van der Waals surface area contributed by atoms with Gasteiger partial charge in [-0.3, -0.25) is 0 Å². The monoisotopic (exact) mass is 568 g/mol. The van der Waals surface area contributed by atoms with Crippen LogP contribution in [0.3, 0.4) is 0 Å². The summed E-state index contributed by atoms with van der Waals surface area (Å²) < 4.78 is 0. The van der Waals surface area contributed by atoms with Gasteiger partial charge in [0.1, 0.15) is 0 Å². The third kappa shape index (κ3) is 8.29. The quantitative estimate of drug-likeness (QED) is 0.134. The highest BCUT2D eigenvalue weighted by molar-refractivity contribution is 5.46. The summed E-state index contributed by atoms with van der Waals surface area (Å²) >= 11 is 0. The van der Waals surface area contributed by atoms with Crippen LogP contribution in [0.4, 0.5) is 0 Å². The minimum Gasteiger partial charge on any atom is -0.0651 e. The molecule has 0 amide bonds. The first-order chi connectivity index (χ1) is 21.1. The molecule has 0 spiro atoms. The topological polar surface area (TPSA) is 0 Å². The molecule has 3 atom stereocenters. The Morgan fingerprint density at radius 3 is 1.21 bits per heavy atom. The Hall–Kier alpha value is -3.12. The summed E-state index contributed by atoms with van der Waals surface area (Å²) in [6, 6.07) is 38.4. The molecule has 2 saturated carbocycles.